The summed E-state index contributed by atoms with van der Waals surface area (Å²) < 4.78 is 11.8. The van der Waals surface area contributed by atoms with Crippen molar-refractivity contribution in [3.8, 4) is 0 Å². The van der Waals surface area contributed by atoms with Crippen LogP contribution in [0.1, 0.15) is 6.92 Å². The zero-order chi connectivity index (χ0) is 6.69. The van der Waals surface area contributed by atoms with Crippen LogP contribution in [-0.4, -0.2) is 29.8 Å². The van der Waals surface area contributed by atoms with E-state index in [1.165, 1.54) is 0 Å². The van der Waals surface area contributed by atoms with Crippen LogP contribution >= 0.6 is 22.6 Å². The Morgan fingerprint density at radius 2 is 2.11 bits per heavy atom. The Kier molecular flexibility index (Phi) is 3.21. The van der Waals surface area contributed by atoms with Crippen molar-refractivity contribution >= 4 is 22.6 Å². The lowest BCUT2D eigenvalue weighted by molar-refractivity contribution is -0.121. The highest BCUT2D eigenvalue weighted by Gasteiger charge is 2.20. The van der Waals surface area contributed by atoms with Crippen molar-refractivity contribution in [1.29, 1.82) is 0 Å². The molecule has 0 N–H and O–H groups in total. The van der Waals surface area contributed by atoms with E-state index in [9.17, 15) is 0 Å². The summed E-state index contributed by atoms with van der Waals surface area (Å²) in [5.74, 6) is 0. The van der Waals surface area contributed by atoms with E-state index in [1.807, 2.05) is 0 Å². The van der Waals surface area contributed by atoms with Crippen molar-refractivity contribution in [2.75, 3.05) is 17.6 Å². The number of rotatable bonds is 1. The second-order valence-corrected chi connectivity index (χ2v) is 3.02. The van der Waals surface area contributed by atoms with E-state index in [0.717, 1.165) is 17.6 Å². The van der Waals surface area contributed by atoms with Gasteiger partial charge in [-0.05, 0) is 6.92 Å². The van der Waals surface area contributed by atoms with E-state index < -0.39 is 0 Å². The van der Waals surface area contributed by atoms with Crippen molar-refractivity contribution in [1.82, 2.24) is 0 Å². The van der Waals surface area contributed by atoms with Crippen LogP contribution in [0.15, 0.2) is 0 Å². The van der Waals surface area contributed by atoms with Crippen LogP contribution in [0.3, 0.4) is 0 Å². The lowest BCUT2D eigenvalue weighted by Crippen LogP contribution is -2.37. The zero-order valence-corrected chi connectivity index (χ0v) is 7.63. The molecule has 2 unspecified atom stereocenters. The van der Waals surface area contributed by atoms with E-state index in [0.29, 0.717) is 6.10 Å². The highest BCUT2D eigenvalue weighted by atomic mass is 127. The first-order valence-corrected chi connectivity index (χ1v) is 4.66. The first-order valence-electron chi connectivity index (χ1n) is 3.13. The molecule has 2 atom stereocenters. The molecule has 3 heteroatoms. The summed E-state index contributed by atoms with van der Waals surface area (Å²) in [6.07, 6.45) is 0.606. The number of hydrogen-bond donors (Lipinski definition) is 0. The molecule has 0 aliphatic carbocycles. The van der Waals surface area contributed by atoms with Gasteiger partial charge in [-0.2, -0.15) is 0 Å². The number of halogens is 1. The molecular weight excluding hydrogens is 231 g/mol. The summed E-state index contributed by atoms with van der Waals surface area (Å²) in [6, 6.07) is 0. The van der Waals surface area contributed by atoms with Gasteiger partial charge < -0.3 is 9.47 Å². The fourth-order valence-corrected chi connectivity index (χ4v) is 1.82. The second kappa shape index (κ2) is 3.73. The van der Waals surface area contributed by atoms with Gasteiger partial charge in [0, 0.05) is 4.43 Å². The van der Waals surface area contributed by atoms with Crippen LogP contribution in [0.4, 0.5) is 0 Å². The monoisotopic (exact) mass is 242 g/mol. The molecule has 0 spiro atoms. The Morgan fingerprint density at radius 3 is 2.56 bits per heavy atom. The Labute approximate surface area is 69.0 Å². The largest absolute Gasteiger partial charge is 0.373 e. The Balaban J connectivity index is 2.30. The molecule has 1 fully saturated rings. The van der Waals surface area contributed by atoms with Crippen molar-refractivity contribution in [3.63, 3.8) is 0 Å². The summed E-state index contributed by atoms with van der Waals surface area (Å²) >= 11 is 2.32. The first-order chi connectivity index (χ1) is 4.34. The minimum Gasteiger partial charge on any atom is -0.373 e. The lowest BCUT2D eigenvalue weighted by Gasteiger charge is -2.27. The number of ether oxygens (including phenoxy) is 2. The fourth-order valence-electron chi connectivity index (χ4n) is 0.846. The summed E-state index contributed by atoms with van der Waals surface area (Å²) in [7, 11) is 0. The van der Waals surface area contributed by atoms with Gasteiger partial charge >= 0.3 is 0 Å². The van der Waals surface area contributed by atoms with Crippen molar-refractivity contribution in [2.24, 2.45) is 0 Å². The van der Waals surface area contributed by atoms with Gasteiger partial charge in [0.2, 0.25) is 0 Å². The summed E-state index contributed by atoms with van der Waals surface area (Å²) in [6.45, 7) is 3.58. The molecule has 0 saturated carbocycles. The zero-order valence-electron chi connectivity index (χ0n) is 5.47. The molecule has 9 heavy (non-hydrogen) atoms. The van der Waals surface area contributed by atoms with E-state index in [2.05, 4.69) is 29.5 Å². The van der Waals surface area contributed by atoms with E-state index in [-0.39, 0.29) is 6.10 Å². The smallest absolute Gasteiger partial charge is 0.0924 e. The maximum absolute atomic E-state index is 5.41. The van der Waals surface area contributed by atoms with Gasteiger partial charge in [0.05, 0.1) is 25.4 Å². The molecule has 0 aromatic rings. The SMILES string of the molecule is CC1OCCOC1CI. The Bertz CT molecular complexity index is 87.1. The van der Waals surface area contributed by atoms with Gasteiger partial charge in [-0.3, -0.25) is 0 Å². The molecule has 1 aliphatic rings. The van der Waals surface area contributed by atoms with Gasteiger partial charge in [0.15, 0.2) is 0 Å². The van der Waals surface area contributed by atoms with Crippen LogP contribution in [0.2, 0.25) is 0 Å². The molecular formula is C6H11IO2. The Hall–Kier alpha value is 0.650. The first kappa shape index (κ1) is 7.75. The lowest BCUT2D eigenvalue weighted by atomic mass is 10.2. The van der Waals surface area contributed by atoms with Crippen LogP contribution < -0.4 is 0 Å². The van der Waals surface area contributed by atoms with Crippen molar-refractivity contribution in [3.05, 3.63) is 0 Å². The molecule has 1 heterocycles. The van der Waals surface area contributed by atoms with Crippen LogP contribution in [0, 0.1) is 0 Å². The summed E-state index contributed by atoms with van der Waals surface area (Å²) in [4.78, 5) is 0. The highest BCUT2D eigenvalue weighted by molar-refractivity contribution is 14.1. The van der Waals surface area contributed by atoms with Crippen molar-refractivity contribution < 1.29 is 9.47 Å². The molecule has 0 aromatic heterocycles. The van der Waals surface area contributed by atoms with Crippen molar-refractivity contribution in [2.45, 2.75) is 19.1 Å². The number of alkyl halides is 1. The molecule has 54 valence electrons. The van der Waals surface area contributed by atoms with Gasteiger partial charge in [-0.15, -0.1) is 0 Å². The van der Waals surface area contributed by atoms with E-state index >= 15 is 0 Å². The third-order valence-electron chi connectivity index (χ3n) is 1.47. The van der Waals surface area contributed by atoms with Crippen LogP contribution in [0.25, 0.3) is 0 Å². The van der Waals surface area contributed by atoms with E-state index in [4.69, 9.17) is 9.47 Å². The quantitative estimate of drug-likeness (QED) is 0.508. The molecule has 1 saturated heterocycles. The molecule has 0 bridgehead atoms. The molecule has 0 aromatic carbocycles. The molecule has 0 radical (unpaired) electrons. The maximum atomic E-state index is 5.41. The predicted octanol–water partition coefficient (Wildman–Crippen LogP) is 1.23. The van der Waals surface area contributed by atoms with E-state index in [1.54, 1.807) is 0 Å². The average Bonchev–Trinajstić information content (AvgIpc) is 1.89. The standard InChI is InChI=1S/C6H11IO2/c1-5-6(4-7)9-3-2-8-5/h5-6H,2-4H2,1H3. The Morgan fingerprint density at radius 1 is 1.44 bits per heavy atom. The van der Waals surface area contributed by atoms with Gasteiger partial charge in [0.25, 0.3) is 0 Å². The van der Waals surface area contributed by atoms with Crippen LogP contribution in [-0.2, 0) is 9.47 Å². The van der Waals surface area contributed by atoms with Gasteiger partial charge in [-0.1, -0.05) is 22.6 Å². The third-order valence-corrected chi connectivity index (χ3v) is 2.34. The number of hydrogen-bond acceptors (Lipinski definition) is 2. The minimum atomic E-state index is 0.288. The normalized spacial score (nSPS) is 36.7. The molecule has 1 rings (SSSR count). The fraction of sp³-hybridized carbons (Fsp3) is 1.00. The van der Waals surface area contributed by atoms with Gasteiger partial charge in [-0.25, -0.2) is 0 Å². The molecule has 1 aliphatic heterocycles. The molecule has 2 nitrogen and oxygen atoms in total. The van der Waals surface area contributed by atoms with Crippen LogP contribution in [0.5, 0.6) is 0 Å². The maximum Gasteiger partial charge on any atom is 0.0924 e. The second-order valence-electron chi connectivity index (χ2n) is 2.14. The molecule has 0 amide bonds. The topological polar surface area (TPSA) is 18.5 Å². The highest BCUT2D eigenvalue weighted by Crippen LogP contribution is 2.11. The predicted molar refractivity (Wildman–Crippen MR) is 44.0 cm³/mol. The summed E-state index contributed by atoms with van der Waals surface area (Å²) in [5, 5.41) is 0. The van der Waals surface area contributed by atoms with Gasteiger partial charge in [0.1, 0.15) is 0 Å². The third kappa shape index (κ3) is 2.05. The average molecular weight is 242 g/mol. The minimum absolute atomic E-state index is 0.288. The summed E-state index contributed by atoms with van der Waals surface area (Å²) in [5.41, 5.74) is 0.